The number of nitrogens with two attached hydrogens (primary N) is 2. The molecule has 1 aromatic rings. The van der Waals surface area contributed by atoms with Crippen LogP contribution in [-0.2, 0) is 14.3 Å². The number of nitrogens with one attached hydrogen (secondary N) is 3. The zero-order chi connectivity index (χ0) is 36.2. The molecule has 2 aliphatic heterocycles. The monoisotopic (exact) mass is 698 g/mol. The first kappa shape index (κ1) is 36.6. The van der Waals surface area contributed by atoms with E-state index in [0.29, 0.717) is 30.6 Å². The Bertz CT molecular complexity index is 1660. The number of guanidine groups is 1. The van der Waals surface area contributed by atoms with E-state index in [1.807, 2.05) is 25.2 Å². The van der Waals surface area contributed by atoms with Gasteiger partial charge in [-0.1, -0.05) is 80.3 Å². The molecular formula is C40H54N6O5. The molecule has 2 heterocycles. The summed E-state index contributed by atoms with van der Waals surface area (Å²) in [6, 6.07) is 6.43. The Balaban J connectivity index is 1.21. The van der Waals surface area contributed by atoms with Crippen molar-refractivity contribution in [3.63, 3.8) is 0 Å². The molecule has 1 aromatic carbocycles. The van der Waals surface area contributed by atoms with Gasteiger partial charge in [0.05, 0.1) is 18.5 Å². The topological polar surface area (TPSA) is 173 Å². The van der Waals surface area contributed by atoms with Gasteiger partial charge in [-0.25, -0.2) is 4.79 Å². The van der Waals surface area contributed by atoms with Crippen LogP contribution in [0.1, 0.15) is 92.4 Å². The van der Waals surface area contributed by atoms with Crippen LogP contribution in [0.15, 0.2) is 76.6 Å². The number of carbonyl (C=O) groups excluding carboxylic acids is 3. The van der Waals surface area contributed by atoms with E-state index >= 15 is 0 Å². The second-order valence-corrected chi connectivity index (χ2v) is 14.8. The summed E-state index contributed by atoms with van der Waals surface area (Å²) in [4.78, 5) is 46.6. The minimum Gasteiger partial charge on any atom is -0.463 e. The number of epoxide rings is 1. The lowest BCUT2D eigenvalue weighted by Crippen LogP contribution is -2.51. The van der Waals surface area contributed by atoms with Crippen molar-refractivity contribution in [3.05, 3.63) is 82.7 Å². The van der Waals surface area contributed by atoms with Crippen molar-refractivity contribution in [1.29, 1.82) is 0 Å². The summed E-state index contributed by atoms with van der Waals surface area (Å²) in [5.74, 6) is 0.216. The van der Waals surface area contributed by atoms with Gasteiger partial charge in [0.2, 0.25) is 5.78 Å². The van der Waals surface area contributed by atoms with E-state index in [9.17, 15) is 14.4 Å². The number of ether oxygens (including phenoxy) is 2. The van der Waals surface area contributed by atoms with Crippen molar-refractivity contribution < 1.29 is 23.9 Å². The molecule has 11 heteroatoms. The number of dihydropyridines is 1. The van der Waals surface area contributed by atoms with Crippen molar-refractivity contribution in [2.24, 2.45) is 34.2 Å². The molecule has 2 fully saturated rings. The number of Topliss-reactive ketones (excluding diaryl/α,β-unsaturated/α-hetero) is 2. The number of carbonyl (C=O) groups is 3. The van der Waals surface area contributed by atoms with Gasteiger partial charge in [0.1, 0.15) is 0 Å². The van der Waals surface area contributed by atoms with Crippen molar-refractivity contribution in [3.8, 4) is 0 Å². The number of hydrogen-bond acceptors (Lipinski definition) is 9. The predicted molar refractivity (Wildman–Crippen MR) is 198 cm³/mol. The standard InChI is InChI=1S/C40H54N6O5/c1-4-26-14-15-32(45-23-27-10-6-5-7-11-27)29(21-26)24-50-37(49)40-36(48)31-13-9-8-12-30(31)35(47)39(40,51-40)18-16-25(2)20-33(46-38(42)43-3)28-17-19-44-34(41)22-28/h8-9,12-17,22,26-27,29,32-33,44-45H,4-7,10-11,18-21,23-24,41H2,1-3H3,(H3,42,43,46). The first-order chi connectivity index (χ1) is 24.6. The lowest BCUT2D eigenvalue weighted by atomic mass is 9.72. The van der Waals surface area contributed by atoms with Gasteiger partial charge in [0.15, 0.2) is 17.3 Å². The largest absolute Gasteiger partial charge is 0.463 e. The summed E-state index contributed by atoms with van der Waals surface area (Å²) in [6.07, 6.45) is 19.0. The number of hydrogen-bond donors (Lipinski definition) is 5. The van der Waals surface area contributed by atoms with Crippen LogP contribution in [0.3, 0.4) is 0 Å². The zero-order valence-corrected chi connectivity index (χ0v) is 30.2. The summed E-state index contributed by atoms with van der Waals surface area (Å²) in [6.45, 7) is 5.75. The molecule has 3 aliphatic carbocycles. The molecule has 51 heavy (non-hydrogen) atoms. The van der Waals surface area contributed by atoms with Gasteiger partial charge < -0.3 is 36.9 Å². The fourth-order valence-corrected chi connectivity index (χ4v) is 8.31. The number of fused-ring (bicyclic) bond motifs is 2. The van der Waals surface area contributed by atoms with Crippen molar-refractivity contribution in [2.45, 2.75) is 94.9 Å². The molecule has 0 spiro atoms. The maximum Gasteiger partial charge on any atom is 0.350 e. The zero-order valence-electron chi connectivity index (χ0n) is 30.2. The second kappa shape index (κ2) is 15.6. The van der Waals surface area contributed by atoms with E-state index in [-0.39, 0.29) is 53.9 Å². The molecule has 1 saturated carbocycles. The highest BCUT2D eigenvalue weighted by molar-refractivity contribution is 6.32. The number of esters is 1. The number of nitrogens with zero attached hydrogens (tertiary/aromatic N) is 1. The van der Waals surface area contributed by atoms with Crippen LogP contribution in [0, 0.1) is 17.8 Å². The summed E-state index contributed by atoms with van der Waals surface area (Å²) >= 11 is 0. The van der Waals surface area contributed by atoms with Gasteiger partial charge in [-0.2, -0.15) is 0 Å². The Morgan fingerprint density at radius 3 is 2.61 bits per heavy atom. The lowest BCUT2D eigenvalue weighted by molar-refractivity contribution is -0.149. The average molecular weight is 699 g/mol. The Hall–Kier alpha value is -4.22. The smallest absolute Gasteiger partial charge is 0.350 e. The first-order valence-electron chi connectivity index (χ1n) is 18.6. The SMILES string of the molecule is CCC1C=CC(NCC2CCCCC2)C(COC(=O)C23OC2(CC=C(C)CC(NC(N)=NC)C2=CCNC(N)=C2)C(=O)c2ccccc2C3=O)C1. The van der Waals surface area contributed by atoms with Crippen molar-refractivity contribution in [2.75, 3.05) is 26.7 Å². The molecule has 1 saturated heterocycles. The highest BCUT2D eigenvalue weighted by Gasteiger charge is 2.85. The van der Waals surface area contributed by atoms with E-state index < -0.39 is 23.0 Å². The van der Waals surface area contributed by atoms with Crippen molar-refractivity contribution >= 4 is 23.5 Å². The van der Waals surface area contributed by atoms with Gasteiger partial charge >= 0.3 is 5.97 Å². The van der Waals surface area contributed by atoms with Gasteiger partial charge in [-0.3, -0.25) is 14.6 Å². The molecule has 0 radical (unpaired) electrons. The molecule has 0 amide bonds. The molecule has 7 N–H and O–H groups in total. The number of aliphatic imine (C=N–C) groups is 1. The number of allylic oxidation sites excluding steroid dienone is 1. The van der Waals surface area contributed by atoms with E-state index in [0.717, 1.165) is 30.5 Å². The van der Waals surface area contributed by atoms with Crippen LogP contribution in [0.4, 0.5) is 0 Å². The van der Waals surface area contributed by atoms with E-state index in [1.54, 1.807) is 31.3 Å². The van der Waals surface area contributed by atoms with Crippen LogP contribution < -0.4 is 27.4 Å². The van der Waals surface area contributed by atoms with Crippen LogP contribution in [0.5, 0.6) is 0 Å². The maximum absolute atomic E-state index is 14.2. The Morgan fingerprint density at radius 2 is 1.90 bits per heavy atom. The molecule has 0 aromatic heterocycles. The van der Waals surface area contributed by atoms with Gasteiger partial charge in [-0.15, -0.1) is 0 Å². The van der Waals surface area contributed by atoms with Crippen LogP contribution in [0.25, 0.3) is 0 Å². The maximum atomic E-state index is 14.2. The minimum atomic E-state index is -2.03. The Morgan fingerprint density at radius 1 is 1.16 bits per heavy atom. The summed E-state index contributed by atoms with van der Waals surface area (Å²) in [7, 11) is 1.61. The average Bonchev–Trinajstić information content (AvgIpc) is 3.86. The normalized spacial score (nSPS) is 30.0. The predicted octanol–water partition coefficient (Wildman–Crippen LogP) is 4.22. The summed E-state index contributed by atoms with van der Waals surface area (Å²) < 4.78 is 12.2. The van der Waals surface area contributed by atoms with Gasteiger partial charge in [-0.05, 0) is 69.1 Å². The second-order valence-electron chi connectivity index (χ2n) is 14.8. The quantitative estimate of drug-likeness (QED) is 0.0502. The third-order valence-corrected chi connectivity index (χ3v) is 11.5. The third-order valence-electron chi connectivity index (χ3n) is 11.5. The fourth-order valence-electron chi connectivity index (χ4n) is 8.31. The summed E-state index contributed by atoms with van der Waals surface area (Å²) in [5, 5.41) is 10.1. The van der Waals surface area contributed by atoms with E-state index in [4.69, 9.17) is 20.9 Å². The molecule has 5 aliphatic rings. The minimum absolute atomic E-state index is 0.0329. The molecule has 6 atom stereocenters. The molecule has 274 valence electrons. The Labute approximate surface area is 301 Å². The molecular weight excluding hydrogens is 644 g/mol. The molecule has 0 bridgehead atoms. The number of benzene rings is 1. The fraction of sp³-hybridized carbons (Fsp3) is 0.550. The first-order valence-corrected chi connectivity index (χ1v) is 18.6. The van der Waals surface area contributed by atoms with E-state index in [1.165, 1.54) is 32.1 Å². The van der Waals surface area contributed by atoms with Crippen molar-refractivity contribution in [1.82, 2.24) is 16.0 Å². The Kier molecular flexibility index (Phi) is 11.2. The lowest BCUT2D eigenvalue weighted by Gasteiger charge is -2.34. The molecule has 6 unspecified atom stereocenters. The van der Waals surface area contributed by atoms with Gasteiger partial charge in [0, 0.05) is 43.1 Å². The van der Waals surface area contributed by atoms with Crippen LogP contribution in [-0.4, -0.2) is 73.5 Å². The number of rotatable bonds is 13. The summed E-state index contributed by atoms with van der Waals surface area (Å²) in [5.41, 5.74) is 10.7. The van der Waals surface area contributed by atoms with E-state index in [2.05, 4.69) is 40.0 Å². The van der Waals surface area contributed by atoms with Gasteiger partial charge in [0.25, 0.3) is 5.60 Å². The third kappa shape index (κ3) is 7.42. The highest BCUT2D eigenvalue weighted by Crippen LogP contribution is 2.58. The van der Waals surface area contributed by atoms with Crippen LogP contribution in [0.2, 0.25) is 0 Å². The molecule has 11 nitrogen and oxygen atoms in total. The highest BCUT2D eigenvalue weighted by atomic mass is 16.7. The molecule has 6 rings (SSSR count). The van der Waals surface area contributed by atoms with Crippen LogP contribution >= 0.6 is 0 Å². The number of ketones is 2.